The molecule has 0 fully saturated rings. The normalized spacial score (nSPS) is 10.3. The summed E-state index contributed by atoms with van der Waals surface area (Å²) in [4.78, 5) is 15.1. The summed E-state index contributed by atoms with van der Waals surface area (Å²) in [5.74, 6) is 1.58. The molecule has 0 bridgehead atoms. The van der Waals surface area contributed by atoms with E-state index in [0.29, 0.717) is 11.1 Å². The Hall–Kier alpha value is -2.74. The molecular formula is C15H10F2N2O. The second kappa shape index (κ2) is 5.49. The summed E-state index contributed by atoms with van der Waals surface area (Å²) in [6, 6.07) is 8.89. The number of nitrogens with zero attached hydrogens (tertiary/aromatic N) is 1. The van der Waals surface area contributed by atoms with Gasteiger partial charge in [-0.05, 0) is 24.3 Å². The molecule has 0 atom stereocenters. The van der Waals surface area contributed by atoms with Crippen LogP contribution in [0.4, 0.5) is 8.78 Å². The standard InChI is InChI=1S/C15H10F2N2O/c1-2-9-4-3-5-10(6-9)12-7-11(14(16)17)8-13(19-12)15(18)20/h1,3-8,14H,(H2,18,20). The molecule has 1 amide bonds. The number of primary amides is 1. The van der Waals surface area contributed by atoms with E-state index in [1.54, 1.807) is 24.3 Å². The Morgan fingerprint density at radius 1 is 1.30 bits per heavy atom. The number of terminal acetylenes is 1. The maximum atomic E-state index is 12.8. The highest BCUT2D eigenvalue weighted by Crippen LogP contribution is 2.25. The average molecular weight is 272 g/mol. The molecule has 0 aliphatic rings. The number of carbonyl (C=O) groups is 1. The predicted octanol–water partition coefficient (Wildman–Crippen LogP) is 2.77. The molecule has 5 heteroatoms. The fourth-order valence-electron chi connectivity index (χ4n) is 1.72. The molecule has 1 aromatic heterocycles. The molecule has 0 saturated heterocycles. The smallest absolute Gasteiger partial charge is 0.267 e. The number of alkyl halides is 2. The third-order valence-corrected chi connectivity index (χ3v) is 2.68. The number of amides is 1. The number of benzene rings is 1. The first-order valence-corrected chi connectivity index (χ1v) is 5.68. The number of rotatable bonds is 3. The molecule has 3 nitrogen and oxygen atoms in total. The molecule has 1 heterocycles. The first-order valence-electron chi connectivity index (χ1n) is 5.68. The molecular weight excluding hydrogens is 262 g/mol. The van der Waals surface area contributed by atoms with E-state index in [1.165, 1.54) is 6.07 Å². The van der Waals surface area contributed by atoms with Crippen LogP contribution < -0.4 is 5.73 Å². The van der Waals surface area contributed by atoms with Crippen molar-refractivity contribution >= 4 is 5.91 Å². The van der Waals surface area contributed by atoms with E-state index in [4.69, 9.17) is 12.2 Å². The van der Waals surface area contributed by atoms with E-state index >= 15 is 0 Å². The van der Waals surface area contributed by atoms with Gasteiger partial charge >= 0.3 is 0 Å². The van der Waals surface area contributed by atoms with Crippen molar-refractivity contribution in [2.45, 2.75) is 6.43 Å². The van der Waals surface area contributed by atoms with Crippen molar-refractivity contribution in [1.82, 2.24) is 4.98 Å². The molecule has 0 aliphatic carbocycles. The topological polar surface area (TPSA) is 56.0 Å². The molecule has 100 valence electrons. The molecule has 0 saturated carbocycles. The van der Waals surface area contributed by atoms with Crippen LogP contribution in [0.2, 0.25) is 0 Å². The Labute approximate surface area is 114 Å². The lowest BCUT2D eigenvalue weighted by Crippen LogP contribution is -2.14. The van der Waals surface area contributed by atoms with Crippen LogP contribution in [-0.2, 0) is 0 Å². The highest BCUT2D eigenvalue weighted by molar-refractivity contribution is 5.91. The van der Waals surface area contributed by atoms with Gasteiger partial charge in [-0.2, -0.15) is 0 Å². The maximum Gasteiger partial charge on any atom is 0.267 e. The van der Waals surface area contributed by atoms with Gasteiger partial charge in [0.25, 0.3) is 12.3 Å². The Balaban J connectivity index is 2.60. The lowest BCUT2D eigenvalue weighted by Gasteiger charge is -2.07. The molecule has 1 aromatic carbocycles. The minimum absolute atomic E-state index is 0.205. The van der Waals surface area contributed by atoms with E-state index in [9.17, 15) is 13.6 Å². The van der Waals surface area contributed by atoms with E-state index < -0.39 is 12.3 Å². The zero-order valence-corrected chi connectivity index (χ0v) is 10.3. The van der Waals surface area contributed by atoms with Crippen molar-refractivity contribution in [3.63, 3.8) is 0 Å². The summed E-state index contributed by atoms with van der Waals surface area (Å²) >= 11 is 0. The van der Waals surface area contributed by atoms with Gasteiger partial charge in [-0.25, -0.2) is 13.8 Å². The number of carbonyl (C=O) groups excluding carboxylic acids is 1. The van der Waals surface area contributed by atoms with Gasteiger partial charge in [-0.3, -0.25) is 4.79 Å². The van der Waals surface area contributed by atoms with E-state index in [1.807, 2.05) is 0 Å². The third-order valence-electron chi connectivity index (χ3n) is 2.68. The minimum Gasteiger partial charge on any atom is -0.364 e. The monoisotopic (exact) mass is 272 g/mol. The van der Waals surface area contributed by atoms with Crippen molar-refractivity contribution in [2.24, 2.45) is 5.73 Å². The lowest BCUT2D eigenvalue weighted by atomic mass is 10.1. The Morgan fingerprint density at radius 2 is 2.05 bits per heavy atom. The summed E-state index contributed by atoms with van der Waals surface area (Å²) in [6.45, 7) is 0. The molecule has 2 rings (SSSR count). The van der Waals surface area contributed by atoms with Gasteiger partial charge in [-0.15, -0.1) is 6.42 Å². The van der Waals surface area contributed by atoms with Crippen LogP contribution in [0.25, 0.3) is 11.3 Å². The van der Waals surface area contributed by atoms with Gasteiger partial charge in [0.05, 0.1) is 5.69 Å². The van der Waals surface area contributed by atoms with Crippen LogP contribution in [0.15, 0.2) is 36.4 Å². The summed E-state index contributed by atoms with van der Waals surface area (Å²) in [6.07, 6.45) is 2.57. The van der Waals surface area contributed by atoms with Gasteiger partial charge in [0.2, 0.25) is 0 Å². The molecule has 0 aliphatic heterocycles. The van der Waals surface area contributed by atoms with Crippen molar-refractivity contribution < 1.29 is 13.6 Å². The largest absolute Gasteiger partial charge is 0.364 e. The van der Waals surface area contributed by atoms with Gasteiger partial charge < -0.3 is 5.73 Å². The van der Waals surface area contributed by atoms with Gasteiger partial charge in [0.15, 0.2) is 0 Å². The Kier molecular flexibility index (Phi) is 3.76. The van der Waals surface area contributed by atoms with Crippen molar-refractivity contribution in [2.75, 3.05) is 0 Å². The number of halogens is 2. The van der Waals surface area contributed by atoms with Crippen LogP contribution >= 0.6 is 0 Å². The number of nitrogens with two attached hydrogens (primary N) is 1. The lowest BCUT2D eigenvalue weighted by molar-refractivity contribution is 0.0995. The summed E-state index contributed by atoms with van der Waals surface area (Å²) in [7, 11) is 0. The van der Waals surface area contributed by atoms with Crippen LogP contribution in [0, 0.1) is 12.3 Å². The van der Waals surface area contributed by atoms with Crippen molar-refractivity contribution in [1.29, 1.82) is 0 Å². The van der Waals surface area contributed by atoms with Gasteiger partial charge in [-0.1, -0.05) is 18.1 Å². The zero-order chi connectivity index (χ0) is 14.7. The van der Waals surface area contributed by atoms with Crippen LogP contribution in [-0.4, -0.2) is 10.9 Å². The highest BCUT2D eigenvalue weighted by atomic mass is 19.3. The number of aromatic nitrogens is 1. The van der Waals surface area contributed by atoms with E-state index in [-0.39, 0.29) is 17.0 Å². The number of hydrogen-bond donors (Lipinski definition) is 1. The Bertz CT molecular complexity index is 705. The fraction of sp³-hybridized carbons (Fsp3) is 0.0667. The molecule has 20 heavy (non-hydrogen) atoms. The van der Waals surface area contributed by atoms with Crippen molar-refractivity contribution in [3.05, 3.63) is 53.2 Å². The molecule has 2 aromatic rings. The quantitative estimate of drug-likeness (QED) is 0.873. The summed E-state index contributed by atoms with van der Waals surface area (Å²) in [5.41, 5.74) is 5.96. The van der Waals surface area contributed by atoms with Crippen molar-refractivity contribution in [3.8, 4) is 23.6 Å². The molecule has 0 spiro atoms. The fourth-order valence-corrected chi connectivity index (χ4v) is 1.72. The molecule has 2 N–H and O–H groups in total. The predicted molar refractivity (Wildman–Crippen MR) is 71.1 cm³/mol. The Morgan fingerprint density at radius 3 is 2.65 bits per heavy atom. The summed E-state index contributed by atoms with van der Waals surface area (Å²) in [5, 5.41) is 0. The second-order valence-corrected chi connectivity index (χ2v) is 4.06. The second-order valence-electron chi connectivity index (χ2n) is 4.06. The highest BCUT2D eigenvalue weighted by Gasteiger charge is 2.14. The maximum absolute atomic E-state index is 12.8. The van der Waals surface area contributed by atoms with Crippen LogP contribution in [0.5, 0.6) is 0 Å². The molecule has 0 radical (unpaired) electrons. The SMILES string of the molecule is C#Cc1cccc(-c2cc(C(F)F)cc(C(N)=O)n2)c1. The first kappa shape index (κ1) is 13.7. The van der Waals surface area contributed by atoms with Gasteiger partial charge in [0, 0.05) is 16.7 Å². The first-order chi connectivity index (χ1) is 9.51. The number of hydrogen-bond acceptors (Lipinski definition) is 2. The number of pyridine rings is 1. The summed E-state index contributed by atoms with van der Waals surface area (Å²) < 4.78 is 25.7. The zero-order valence-electron chi connectivity index (χ0n) is 10.3. The van der Waals surface area contributed by atoms with Crippen LogP contribution in [0.1, 0.15) is 28.0 Å². The minimum atomic E-state index is -2.72. The third kappa shape index (κ3) is 2.81. The van der Waals surface area contributed by atoms with E-state index in [2.05, 4.69) is 10.9 Å². The van der Waals surface area contributed by atoms with Crippen LogP contribution in [0.3, 0.4) is 0 Å². The molecule has 0 unspecified atom stereocenters. The van der Waals surface area contributed by atoms with E-state index in [0.717, 1.165) is 6.07 Å². The van der Waals surface area contributed by atoms with Gasteiger partial charge in [0.1, 0.15) is 5.69 Å². The average Bonchev–Trinajstić information content (AvgIpc) is 2.46.